The molecule has 0 unspecified atom stereocenters. The number of pyridine rings is 1. The lowest BCUT2D eigenvalue weighted by Gasteiger charge is -2.14. The molecule has 1 amide bonds. The Hall–Kier alpha value is -2.36. The summed E-state index contributed by atoms with van der Waals surface area (Å²) in [7, 11) is 0. The Morgan fingerprint density at radius 3 is 2.73 bits per heavy atom. The number of benzene rings is 1. The second kappa shape index (κ2) is 7.07. The quantitative estimate of drug-likeness (QED) is 0.885. The topological polar surface area (TPSA) is 51.2 Å². The van der Waals surface area contributed by atoms with Crippen molar-refractivity contribution in [3.8, 4) is 11.6 Å². The van der Waals surface area contributed by atoms with Crippen LogP contribution < -0.4 is 10.1 Å². The predicted molar refractivity (Wildman–Crippen MR) is 88.3 cm³/mol. The van der Waals surface area contributed by atoms with E-state index in [1.165, 1.54) is 0 Å². The molecule has 0 aliphatic heterocycles. The summed E-state index contributed by atoms with van der Waals surface area (Å²) in [6, 6.07) is 9.45. The number of aromatic nitrogens is 1. The normalized spacial score (nSPS) is 10.6. The number of hydrogen-bond donors (Lipinski definition) is 1. The number of carbonyl (C=O) groups excluding carboxylic acids is 1. The predicted octanol–water partition coefficient (Wildman–Crippen LogP) is 4.48. The van der Waals surface area contributed by atoms with Crippen LogP contribution in [0.3, 0.4) is 0 Å². The molecule has 0 saturated carbocycles. The molecular formula is C18H22N2O2. The van der Waals surface area contributed by atoms with E-state index >= 15 is 0 Å². The van der Waals surface area contributed by atoms with E-state index in [-0.39, 0.29) is 5.91 Å². The maximum atomic E-state index is 12.0. The number of hydrogen-bond acceptors (Lipinski definition) is 3. The minimum Gasteiger partial charge on any atom is -0.437 e. The number of ether oxygens (including phenoxy) is 1. The number of anilines is 1. The standard InChI is InChI=1S/C18H22N2O2/c1-12(2)11-17(21)20-15-8-6-10-19-18(15)22-16-9-5-7-13(3)14(16)4/h5-10,12H,11H2,1-4H3,(H,20,21). The zero-order valence-corrected chi connectivity index (χ0v) is 13.5. The Balaban J connectivity index is 2.21. The van der Waals surface area contributed by atoms with Crippen molar-refractivity contribution < 1.29 is 9.53 Å². The van der Waals surface area contributed by atoms with Crippen LogP contribution in [-0.4, -0.2) is 10.9 Å². The van der Waals surface area contributed by atoms with Gasteiger partial charge in [-0.3, -0.25) is 4.79 Å². The van der Waals surface area contributed by atoms with Gasteiger partial charge in [0.05, 0.1) is 0 Å². The van der Waals surface area contributed by atoms with Gasteiger partial charge < -0.3 is 10.1 Å². The van der Waals surface area contributed by atoms with Gasteiger partial charge >= 0.3 is 0 Å². The summed E-state index contributed by atoms with van der Waals surface area (Å²) in [5.74, 6) is 1.43. The molecule has 4 heteroatoms. The minimum atomic E-state index is -0.0335. The van der Waals surface area contributed by atoms with Crippen molar-refractivity contribution in [3.63, 3.8) is 0 Å². The molecule has 0 saturated heterocycles. The van der Waals surface area contributed by atoms with Gasteiger partial charge in [0.2, 0.25) is 11.8 Å². The van der Waals surface area contributed by atoms with Gasteiger partial charge in [0.25, 0.3) is 0 Å². The Labute approximate surface area is 131 Å². The number of aryl methyl sites for hydroxylation is 1. The molecule has 0 aliphatic carbocycles. The Morgan fingerprint density at radius 2 is 2.00 bits per heavy atom. The van der Waals surface area contributed by atoms with Crippen LogP contribution in [0, 0.1) is 19.8 Å². The van der Waals surface area contributed by atoms with Gasteiger partial charge in [-0.1, -0.05) is 26.0 Å². The number of nitrogens with zero attached hydrogens (tertiary/aromatic N) is 1. The third-order valence-electron chi connectivity index (χ3n) is 3.40. The lowest BCUT2D eigenvalue weighted by Crippen LogP contribution is -2.14. The highest BCUT2D eigenvalue weighted by Gasteiger charge is 2.12. The van der Waals surface area contributed by atoms with Crippen molar-refractivity contribution in [1.29, 1.82) is 0 Å². The van der Waals surface area contributed by atoms with Gasteiger partial charge in [-0.25, -0.2) is 4.98 Å². The van der Waals surface area contributed by atoms with Gasteiger partial charge in [0.1, 0.15) is 11.4 Å². The molecule has 0 radical (unpaired) electrons. The first kappa shape index (κ1) is 16.0. The highest BCUT2D eigenvalue weighted by atomic mass is 16.5. The van der Waals surface area contributed by atoms with Gasteiger partial charge in [-0.15, -0.1) is 0 Å². The summed E-state index contributed by atoms with van der Waals surface area (Å²) in [5, 5.41) is 2.87. The molecule has 0 fully saturated rings. The highest BCUT2D eigenvalue weighted by molar-refractivity contribution is 5.92. The first-order valence-electron chi connectivity index (χ1n) is 7.46. The van der Waals surface area contributed by atoms with E-state index in [0.717, 1.165) is 16.9 Å². The SMILES string of the molecule is Cc1cccc(Oc2ncccc2NC(=O)CC(C)C)c1C. The number of amides is 1. The van der Waals surface area contributed by atoms with Crippen LogP contribution in [0.5, 0.6) is 11.6 Å². The average Bonchev–Trinajstić information content (AvgIpc) is 2.45. The van der Waals surface area contributed by atoms with E-state index in [1.807, 2.05) is 45.9 Å². The Bertz CT molecular complexity index is 666. The van der Waals surface area contributed by atoms with Crippen LogP contribution in [0.4, 0.5) is 5.69 Å². The van der Waals surface area contributed by atoms with Crippen molar-refractivity contribution in [2.75, 3.05) is 5.32 Å². The van der Waals surface area contributed by atoms with Crippen LogP contribution in [0.1, 0.15) is 31.4 Å². The molecule has 116 valence electrons. The van der Waals surface area contributed by atoms with Crippen LogP contribution in [0.15, 0.2) is 36.5 Å². The van der Waals surface area contributed by atoms with Gasteiger partial charge in [0, 0.05) is 12.6 Å². The zero-order valence-electron chi connectivity index (χ0n) is 13.5. The first-order chi connectivity index (χ1) is 10.5. The fourth-order valence-corrected chi connectivity index (χ4v) is 2.08. The van der Waals surface area contributed by atoms with E-state index < -0.39 is 0 Å². The third kappa shape index (κ3) is 4.07. The van der Waals surface area contributed by atoms with Crippen molar-refractivity contribution in [1.82, 2.24) is 4.98 Å². The van der Waals surface area contributed by atoms with Gasteiger partial charge in [-0.05, 0) is 49.1 Å². The average molecular weight is 298 g/mol. The molecule has 22 heavy (non-hydrogen) atoms. The molecule has 4 nitrogen and oxygen atoms in total. The van der Waals surface area contributed by atoms with E-state index in [0.29, 0.717) is 23.9 Å². The van der Waals surface area contributed by atoms with Crippen molar-refractivity contribution in [2.45, 2.75) is 34.1 Å². The number of nitrogens with one attached hydrogen (secondary N) is 1. The molecule has 1 aromatic carbocycles. The summed E-state index contributed by atoms with van der Waals surface area (Å²) in [6.45, 7) is 8.06. The smallest absolute Gasteiger partial charge is 0.243 e. The third-order valence-corrected chi connectivity index (χ3v) is 3.40. The molecule has 0 spiro atoms. The molecule has 2 aromatic rings. The number of rotatable bonds is 5. The second-order valence-electron chi connectivity index (χ2n) is 5.80. The Kier molecular flexibility index (Phi) is 5.15. The van der Waals surface area contributed by atoms with E-state index in [2.05, 4.69) is 10.3 Å². The molecule has 2 rings (SSSR count). The maximum Gasteiger partial charge on any atom is 0.243 e. The maximum absolute atomic E-state index is 12.0. The lowest BCUT2D eigenvalue weighted by molar-refractivity contribution is -0.116. The first-order valence-corrected chi connectivity index (χ1v) is 7.46. The largest absolute Gasteiger partial charge is 0.437 e. The molecule has 0 aliphatic rings. The van der Waals surface area contributed by atoms with Gasteiger partial charge in [0.15, 0.2) is 0 Å². The van der Waals surface area contributed by atoms with Crippen molar-refractivity contribution in [2.24, 2.45) is 5.92 Å². The summed E-state index contributed by atoms with van der Waals surface area (Å²) in [4.78, 5) is 16.2. The Morgan fingerprint density at radius 1 is 1.23 bits per heavy atom. The van der Waals surface area contributed by atoms with Gasteiger partial charge in [-0.2, -0.15) is 0 Å². The van der Waals surface area contributed by atoms with E-state index in [4.69, 9.17) is 4.74 Å². The molecule has 0 atom stereocenters. The molecule has 1 N–H and O–H groups in total. The summed E-state index contributed by atoms with van der Waals surface area (Å²) in [5.41, 5.74) is 2.81. The summed E-state index contributed by atoms with van der Waals surface area (Å²) >= 11 is 0. The second-order valence-corrected chi connectivity index (χ2v) is 5.80. The monoisotopic (exact) mass is 298 g/mol. The summed E-state index contributed by atoms with van der Waals surface area (Å²) < 4.78 is 5.90. The van der Waals surface area contributed by atoms with Crippen LogP contribution >= 0.6 is 0 Å². The fourth-order valence-electron chi connectivity index (χ4n) is 2.08. The lowest BCUT2D eigenvalue weighted by atomic mass is 10.1. The van der Waals surface area contributed by atoms with Crippen LogP contribution in [-0.2, 0) is 4.79 Å². The van der Waals surface area contributed by atoms with Crippen molar-refractivity contribution in [3.05, 3.63) is 47.7 Å². The van der Waals surface area contributed by atoms with Crippen molar-refractivity contribution >= 4 is 11.6 Å². The molecule has 1 heterocycles. The summed E-state index contributed by atoms with van der Waals surface area (Å²) in [6.07, 6.45) is 2.12. The highest BCUT2D eigenvalue weighted by Crippen LogP contribution is 2.30. The van der Waals surface area contributed by atoms with E-state index in [9.17, 15) is 4.79 Å². The minimum absolute atomic E-state index is 0.0335. The molecule has 1 aromatic heterocycles. The van der Waals surface area contributed by atoms with Crippen LogP contribution in [0.2, 0.25) is 0 Å². The molecule has 0 bridgehead atoms. The molecular weight excluding hydrogens is 276 g/mol. The fraction of sp³-hybridized carbons (Fsp3) is 0.333. The van der Waals surface area contributed by atoms with E-state index in [1.54, 1.807) is 18.3 Å². The number of carbonyl (C=O) groups is 1. The van der Waals surface area contributed by atoms with Crippen LogP contribution in [0.25, 0.3) is 0 Å². The zero-order chi connectivity index (χ0) is 16.1.